The Labute approximate surface area is 168 Å². The van der Waals surface area contributed by atoms with Crippen LogP contribution in [-0.4, -0.2) is 49.5 Å². The summed E-state index contributed by atoms with van der Waals surface area (Å²) in [6.07, 6.45) is 1.23. The number of methoxy groups -OCH3 is 1. The lowest BCUT2D eigenvalue weighted by Gasteiger charge is -2.26. The van der Waals surface area contributed by atoms with E-state index in [0.29, 0.717) is 43.7 Å². The highest BCUT2D eigenvalue weighted by Crippen LogP contribution is 2.32. The molecule has 150 valence electrons. The van der Waals surface area contributed by atoms with E-state index in [1.54, 1.807) is 19.2 Å². The van der Waals surface area contributed by atoms with E-state index in [0.717, 1.165) is 11.3 Å². The molecule has 1 atom stereocenters. The van der Waals surface area contributed by atoms with Crippen molar-refractivity contribution in [1.82, 2.24) is 10.2 Å². The molecule has 7 heteroatoms. The number of ether oxygens (including phenoxy) is 2. The molecule has 0 unspecified atom stereocenters. The average Bonchev–Trinajstić information content (AvgIpc) is 2.98. The Balaban J connectivity index is 1.51. The zero-order chi connectivity index (χ0) is 20.4. The first kappa shape index (κ1) is 19.1. The average molecular weight is 394 g/mol. The zero-order valence-corrected chi connectivity index (χ0v) is 16.1. The molecule has 0 saturated heterocycles. The van der Waals surface area contributed by atoms with Gasteiger partial charge in [0.15, 0.2) is 0 Å². The Bertz CT molecular complexity index is 971. The van der Waals surface area contributed by atoms with Gasteiger partial charge < -0.3 is 14.8 Å². The minimum atomic E-state index is -0.368. The number of imide groups is 1. The highest BCUT2D eigenvalue weighted by atomic mass is 16.5. The quantitative estimate of drug-likeness (QED) is 0.601. The highest BCUT2D eigenvalue weighted by molar-refractivity contribution is 6.22. The lowest BCUT2D eigenvalue weighted by molar-refractivity contribution is 0.0638. The Morgan fingerprint density at radius 3 is 2.79 bits per heavy atom. The van der Waals surface area contributed by atoms with Gasteiger partial charge >= 0.3 is 0 Å². The van der Waals surface area contributed by atoms with Crippen molar-refractivity contribution in [2.75, 3.05) is 26.9 Å². The van der Waals surface area contributed by atoms with Gasteiger partial charge in [0.2, 0.25) is 0 Å². The normalized spacial score (nSPS) is 17.6. The molecule has 0 radical (unpaired) electrons. The van der Waals surface area contributed by atoms with E-state index in [2.05, 4.69) is 5.32 Å². The Kier molecular flexibility index (Phi) is 5.31. The fourth-order valence-electron chi connectivity index (χ4n) is 3.74. The minimum absolute atomic E-state index is 0.163. The maximum atomic E-state index is 12.8. The van der Waals surface area contributed by atoms with Crippen LogP contribution >= 0.6 is 0 Å². The van der Waals surface area contributed by atoms with E-state index in [1.807, 2.05) is 24.3 Å². The molecule has 0 spiro atoms. The molecule has 0 aromatic heterocycles. The molecule has 29 heavy (non-hydrogen) atoms. The Hall–Kier alpha value is -3.19. The van der Waals surface area contributed by atoms with Crippen LogP contribution in [0.15, 0.2) is 42.5 Å². The number of carbonyl (C=O) groups excluding carboxylic acids is 3. The number of hydrogen-bond acceptors (Lipinski definition) is 5. The van der Waals surface area contributed by atoms with E-state index in [-0.39, 0.29) is 29.3 Å². The van der Waals surface area contributed by atoms with Gasteiger partial charge in [0.1, 0.15) is 5.75 Å². The fourth-order valence-corrected chi connectivity index (χ4v) is 3.74. The molecule has 3 amide bonds. The molecule has 0 bridgehead atoms. The molecular formula is C22H22N2O5. The van der Waals surface area contributed by atoms with Gasteiger partial charge in [0, 0.05) is 37.8 Å². The van der Waals surface area contributed by atoms with Crippen LogP contribution in [-0.2, 0) is 4.74 Å². The second-order valence-electron chi connectivity index (χ2n) is 7.07. The zero-order valence-electron chi connectivity index (χ0n) is 16.1. The van der Waals surface area contributed by atoms with E-state index >= 15 is 0 Å². The Morgan fingerprint density at radius 1 is 1.17 bits per heavy atom. The second-order valence-corrected chi connectivity index (χ2v) is 7.07. The monoisotopic (exact) mass is 394 g/mol. The van der Waals surface area contributed by atoms with Gasteiger partial charge in [-0.15, -0.1) is 0 Å². The lowest BCUT2D eigenvalue weighted by atomic mass is 9.99. The van der Waals surface area contributed by atoms with Crippen LogP contribution in [0.25, 0.3) is 0 Å². The van der Waals surface area contributed by atoms with Crippen molar-refractivity contribution in [2.45, 2.75) is 18.9 Å². The summed E-state index contributed by atoms with van der Waals surface area (Å²) < 4.78 is 10.6. The number of carbonyl (C=O) groups is 3. The molecule has 2 aliphatic heterocycles. The number of nitrogens with one attached hydrogen (secondary N) is 1. The summed E-state index contributed by atoms with van der Waals surface area (Å²) in [5, 5.41) is 3.02. The predicted molar refractivity (Wildman–Crippen MR) is 105 cm³/mol. The van der Waals surface area contributed by atoms with Crippen LogP contribution in [0.5, 0.6) is 5.75 Å². The molecule has 0 aliphatic carbocycles. The topological polar surface area (TPSA) is 84.9 Å². The molecule has 2 aromatic rings. The molecule has 2 aliphatic rings. The van der Waals surface area contributed by atoms with Gasteiger partial charge in [-0.3, -0.25) is 19.3 Å². The molecule has 0 saturated carbocycles. The molecule has 2 heterocycles. The predicted octanol–water partition coefficient (Wildman–Crippen LogP) is 2.57. The van der Waals surface area contributed by atoms with Gasteiger partial charge in [-0.05, 0) is 30.7 Å². The largest absolute Gasteiger partial charge is 0.493 e. The van der Waals surface area contributed by atoms with Crippen molar-refractivity contribution in [1.29, 1.82) is 0 Å². The molecule has 4 rings (SSSR count). The number of benzene rings is 2. The molecule has 2 aromatic carbocycles. The number of nitrogens with zero attached hydrogens (tertiary/aromatic N) is 1. The summed E-state index contributed by atoms with van der Waals surface area (Å²) in [6.45, 7) is 1.28. The smallest absolute Gasteiger partial charge is 0.261 e. The third kappa shape index (κ3) is 3.61. The summed E-state index contributed by atoms with van der Waals surface area (Å²) >= 11 is 0. The number of rotatable bonds is 6. The second kappa shape index (κ2) is 8.05. The van der Waals surface area contributed by atoms with Crippen LogP contribution < -0.4 is 10.1 Å². The molecular weight excluding hydrogens is 372 g/mol. The fraction of sp³-hybridized carbons (Fsp3) is 0.318. The SMILES string of the molecule is COCCCN1C(=O)c2ccc(C(=O)N[C@@H]3CCOc4ccccc43)cc2C1=O. The van der Waals surface area contributed by atoms with Crippen molar-refractivity contribution >= 4 is 17.7 Å². The first-order chi connectivity index (χ1) is 14.1. The Morgan fingerprint density at radius 2 is 1.97 bits per heavy atom. The first-order valence-electron chi connectivity index (χ1n) is 9.62. The maximum absolute atomic E-state index is 12.8. The van der Waals surface area contributed by atoms with Gasteiger partial charge in [-0.25, -0.2) is 0 Å². The van der Waals surface area contributed by atoms with Crippen molar-refractivity contribution in [3.05, 3.63) is 64.7 Å². The van der Waals surface area contributed by atoms with Crippen molar-refractivity contribution < 1.29 is 23.9 Å². The number of amides is 3. The summed E-state index contributed by atoms with van der Waals surface area (Å²) in [5.74, 6) is -0.211. The molecule has 1 N–H and O–H groups in total. The summed E-state index contributed by atoms with van der Waals surface area (Å²) in [6, 6.07) is 12.1. The van der Waals surface area contributed by atoms with Crippen molar-refractivity contribution in [2.24, 2.45) is 0 Å². The first-order valence-corrected chi connectivity index (χ1v) is 9.62. The molecule has 7 nitrogen and oxygen atoms in total. The highest BCUT2D eigenvalue weighted by Gasteiger charge is 2.35. The van der Waals surface area contributed by atoms with E-state index in [9.17, 15) is 14.4 Å². The lowest BCUT2D eigenvalue weighted by Crippen LogP contribution is -2.32. The number of hydrogen-bond donors (Lipinski definition) is 1. The summed E-state index contributed by atoms with van der Waals surface area (Å²) in [4.78, 5) is 39.2. The van der Waals surface area contributed by atoms with Gasteiger partial charge in [-0.1, -0.05) is 18.2 Å². The summed E-state index contributed by atoms with van der Waals surface area (Å²) in [7, 11) is 1.57. The number of fused-ring (bicyclic) bond motifs is 2. The van der Waals surface area contributed by atoms with Crippen LogP contribution in [0.4, 0.5) is 0 Å². The van der Waals surface area contributed by atoms with Crippen LogP contribution in [0.2, 0.25) is 0 Å². The number of para-hydroxylation sites is 1. The van der Waals surface area contributed by atoms with E-state index < -0.39 is 0 Å². The van der Waals surface area contributed by atoms with E-state index in [1.165, 1.54) is 11.0 Å². The standard InChI is InChI=1S/C22H22N2O5/c1-28-11-4-10-24-21(26)15-8-7-14(13-17(15)22(24)27)20(25)23-18-9-12-29-19-6-3-2-5-16(18)19/h2-3,5-8,13,18H,4,9-12H2,1H3,(H,23,25)/t18-/m1/s1. The van der Waals surface area contributed by atoms with Gasteiger partial charge in [-0.2, -0.15) is 0 Å². The van der Waals surface area contributed by atoms with Crippen LogP contribution in [0, 0.1) is 0 Å². The minimum Gasteiger partial charge on any atom is -0.493 e. The third-order valence-corrected chi connectivity index (χ3v) is 5.23. The van der Waals surface area contributed by atoms with Crippen LogP contribution in [0.1, 0.15) is 55.5 Å². The van der Waals surface area contributed by atoms with Gasteiger partial charge in [0.05, 0.1) is 23.8 Å². The van der Waals surface area contributed by atoms with Gasteiger partial charge in [0.25, 0.3) is 17.7 Å². The third-order valence-electron chi connectivity index (χ3n) is 5.23. The van der Waals surface area contributed by atoms with Crippen molar-refractivity contribution in [3.8, 4) is 5.75 Å². The van der Waals surface area contributed by atoms with E-state index in [4.69, 9.17) is 9.47 Å². The molecule has 0 fully saturated rings. The maximum Gasteiger partial charge on any atom is 0.261 e. The van der Waals surface area contributed by atoms with Crippen LogP contribution in [0.3, 0.4) is 0 Å². The van der Waals surface area contributed by atoms with Crippen molar-refractivity contribution in [3.63, 3.8) is 0 Å². The summed E-state index contributed by atoms with van der Waals surface area (Å²) in [5.41, 5.74) is 1.89.